The summed E-state index contributed by atoms with van der Waals surface area (Å²) in [6.07, 6.45) is 6.41. The molecule has 2 N–H and O–H groups in total. The predicted molar refractivity (Wildman–Crippen MR) is 124 cm³/mol. The third kappa shape index (κ3) is 6.79. The van der Waals surface area contributed by atoms with E-state index in [0.717, 1.165) is 31.0 Å². The lowest BCUT2D eigenvalue weighted by atomic mass is 10.1. The van der Waals surface area contributed by atoms with E-state index >= 15 is 0 Å². The number of aliphatic imine (C=N–C) groups is 1. The van der Waals surface area contributed by atoms with Gasteiger partial charge in [-0.15, -0.1) is 24.0 Å². The van der Waals surface area contributed by atoms with E-state index in [-0.39, 0.29) is 24.0 Å². The highest BCUT2D eigenvalue weighted by molar-refractivity contribution is 14.0. The van der Waals surface area contributed by atoms with Crippen LogP contribution in [0.1, 0.15) is 16.7 Å². The molecule has 148 valence electrons. The van der Waals surface area contributed by atoms with Gasteiger partial charge in [0.1, 0.15) is 5.15 Å². The van der Waals surface area contributed by atoms with Crippen LogP contribution in [0.15, 0.2) is 66.0 Å². The van der Waals surface area contributed by atoms with E-state index in [9.17, 15) is 0 Å². The van der Waals surface area contributed by atoms with Gasteiger partial charge in [-0.25, -0.2) is 4.98 Å². The molecule has 0 amide bonds. The number of hydrogen-bond donors (Lipinski definition) is 2. The van der Waals surface area contributed by atoms with Crippen LogP contribution in [-0.4, -0.2) is 34.3 Å². The maximum atomic E-state index is 5.81. The molecule has 0 atom stereocenters. The van der Waals surface area contributed by atoms with Gasteiger partial charge in [-0.1, -0.05) is 41.9 Å². The first-order chi connectivity index (χ1) is 13.2. The lowest BCUT2D eigenvalue weighted by molar-refractivity contribution is 0.677. The Hall–Kier alpha value is -2.13. The van der Waals surface area contributed by atoms with Crippen LogP contribution in [0.2, 0.25) is 5.15 Å². The summed E-state index contributed by atoms with van der Waals surface area (Å²) >= 11 is 5.81. The second-order valence-corrected chi connectivity index (χ2v) is 6.45. The summed E-state index contributed by atoms with van der Waals surface area (Å²) in [5, 5.41) is 11.5. The molecule has 1 aromatic carbocycles. The topological polar surface area (TPSA) is 67.1 Å². The van der Waals surface area contributed by atoms with Crippen LogP contribution in [0.5, 0.6) is 0 Å². The summed E-state index contributed by atoms with van der Waals surface area (Å²) in [4.78, 5) is 8.39. The van der Waals surface area contributed by atoms with Gasteiger partial charge in [0.05, 0.1) is 6.54 Å². The van der Waals surface area contributed by atoms with Crippen LogP contribution < -0.4 is 10.6 Å². The predicted octanol–water partition coefficient (Wildman–Crippen LogP) is 3.51. The Labute approximate surface area is 187 Å². The molecule has 0 aliphatic heterocycles. The second-order valence-electron chi connectivity index (χ2n) is 6.06. The van der Waals surface area contributed by atoms with Crippen LogP contribution in [0.3, 0.4) is 0 Å². The number of halogens is 2. The van der Waals surface area contributed by atoms with Gasteiger partial charge in [-0.3, -0.25) is 9.67 Å². The fraction of sp³-hybridized carbons (Fsp3) is 0.250. The van der Waals surface area contributed by atoms with Crippen molar-refractivity contribution >= 4 is 41.5 Å². The van der Waals surface area contributed by atoms with E-state index in [0.29, 0.717) is 11.7 Å². The third-order valence-corrected chi connectivity index (χ3v) is 4.40. The third-order valence-electron chi connectivity index (χ3n) is 4.17. The van der Waals surface area contributed by atoms with Crippen molar-refractivity contribution < 1.29 is 0 Å². The highest BCUT2D eigenvalue weighted by atomic mass is 127. The minimum Gasteiger partial charge on any atom is -0.356 e. The Kier molecular flexibility index (Phi) is 9.22. The average molecular weight is 511 g/mol. The van der Waals surface area contributed by atoms with Crippen molar-refractivity contribution in [3.05, 3.63) is 82.9 Å². The molecule has 0 bridgehead atoms. The number of nitrogens with zero attached hydrogens (tertiary/aromatic N) is 4. The van der Waals surface area contributed by atoms with Gasteiger partial charge in [0.15, 0.2) is 5.96 Å². The first kappa shape index (κ1) is 22.2. The van der Waals surface area contributed by atoms with E-state index in [1.54, 1.807) is 25.5 Å². The number of guanidine groups is 1. The lowest BCUT2D eigenvalue weighted by Gasteiger charge is -2.14. The largest absolute Gasteiger partial charge is 0.356 e. The molecule has 2 heterocycles. The molecule has 2 aromatic heterocycles. The number of rotatable bonds is 7. The molecule has 0 aliphatic rings. The number of pyridine rings is 1. The van der Waals surface area contributed by atoms with E-state index in [2.05, 4.69) is 43.9 Å². The molecular weight excluding hydrogens is 487 g/mol. The summed E-state index contributed by atoms with van der Waals surface area (Å²) in [6, 6.07) is 14.1. The molecule has 3 aromatic rings. The second kappa shape index (κ2) is 11.7. The first-order valence-electron chi connectivity index (χ1n) is 8.84. The number of aromatic nitrogens is 3. The summed E-state index contributed by atoms with van der Waals surface area (Å²) < 4.78 is 1.92. The first-order valence-corrected chi connectivity index (χ1v) is 9.21. The molecule has 28 heavy (non-hydrogen) atoms. The van der Waals surface area contributed by atoms with Gasteiger partial charge in [-0.05, 0) is 35.2 Å². The Morgan fingerprint density at radius 1 is 1.11 bits per heavy atom. The van der Waals surface area contributed by atoms with E-state index in [1.165, 1.54) is 11.1 Å². The maximum Gasteiger partial charge on any atom is 0.191 e. The van der Waals surface area contributed by atoms with Crippen LogP contribution in [-0.2, 0) is 19.5 Å². The fourth-order valence-electron chi connectivity index (χ4n) is 2.73. The Morgan fingerprint density at radius 3 is 2.61 bits per heavy atom. The van der Waals surface area contributed by atoms with Gasteiger partial charge in [0.25, 0.3) is 0 Å². The standard InChI is InChI=1S/C20H23ClN6.HI/c1-22-20(23-11-9-16-7-8-19(21)24-13-16)25-14-17-5-2-3-6-18(17)15-27-12-4-10-26-27;/h2-8,10,12-13H,9,11,14-15H2,1H3,(H2,22,23,25);1H. The van der Waals surface area contributed by atoms with Crippen LogP contribution >= 0.6 is 35.6 Å². The van der Waals surface area contributed by atoms with E-state index in [4.69, 9.17) is 11.6 Å². The molecule has 0 saturated heterocycles. The zero-order valence-corrected chi connectivity index (χ0v) is 18.8. The number of nitrogens with one attached hydrogen (secondary N) is 2. The van der Waals surface area contributed by atoms with Crippen molar-refractivity contribution in [2.24, 2.45) is 4.99 Å². The molecular formula is C20H24ClIN6. The summed E-state index contributed by atoms with van der Waals surface area (Å²) in [6.45, 7) is 2.21. The highest BCUT2D eigenvalue weighted by Crippen LogP contribution is 2.10. The Morgan fingerprint density at radius 2 is 1.93 bits per heavy atom. The van der Waals surface area contributed by atoms with Gasteiger partial charge in [-0.2, -0.15) is 5.10 Å². The molecule has 0 saturated carbocycles. The highest BCUT2D eigenvalue weighted by Gasteiger charge is 2.05. The molecule has 6 nitrogen and oxygen atoms in total. The normalized spacial score (nSPS) is 11.0. The Balaban J connectivity index is 0.00000280. The van der Waals surface area contributed by atoms with Gasteiger partial charge < -0.3 is 10.6 Å². The molecule has 8 heteroatoms. The molecule has 0 radical (unpaired) electrons. The summed E-state index contributed by atoms with van der Waals surface area (Å²) in [7, 11) is 1.77. The van der Waals surface area contributed by atoms with Crippen molar-refractivity contribution in [3.63, 3.8) is 0 Å². The van der Waals surface area contributed by atoms with Crippen LogP contribution in [0.4, 0.5) is 0 Å². The van der Waals surface area contributed by atoms with Gasteiger partial charge >= 0.3 is 0 Å². The minimum absolute atomic E-state index is 0. The maximum absolute atomic E-state index is 5.81. The number of benzene rings is 1. The summed E-state index contributed by atoms with van der Waals surface area (Å²) in [5.74, 6) is 0.769. The van der Waals surface area contributed by atoms with Crippen LogP contribution in [0.25, 0.3) is 0 Å². The van der Waals surface area contributed by atoms with Crippen molar-refractivity contribution in [1.29, 1.82) is 0 Å². The van der Waals surface area contributed by atoms with Crippen LogP contribution in [0, 0.1) is 0 Å². The van der Waals surface area contributed by atoms with Crippen molar-refractivity contribution in [3.8, 4) is 0 Å². The van der Waals surface area contributed by atoms with Crippen molar-refractivity contribution in [2.75, 3.05) is 13.6 Å². The zero-order chi connectivity index (χ0) is 18.9. The van der Waals surface area contributed by atoms with E-state index < -0.39 is 0 Å². The Bertz CT molecular complexity index is 865. The monoisotopic (exact) mass is 510 g/mol. The quantitative estimate of drug-likeness (QED) is 0.221. The number of hydrogen-bond acceptors (Lipinski definition) is 3. The molecule has 3 rings (SSSR count). The van der Waals surface area contributed by atoms with Crippen molar-refractivity contribution in [2.45, 2.75) is 19.5 Å². The van der Waals surface area contributed by atoms with Crippen molar-refractivity contribution in [1.82, 2.24) is 25.4 Å². The minimum atomic E-state index is 0. The van der Waals surface area contributed by atoms with Gasteiger partial charge in [0.2, 0.25) is 0 Å². The van der Waals surface area contributed by atoms with Gasteiger partial charge in [0, 0.05) is 38.7 Å². The zero-order valence-electron chi connectivity index (χ0n) is 15.7. The van der Waals surface area contributed by atoms with E-state index in [1.807, 2.05) is 29.1 Å². The lowest BCUT2D eigenvalue weighted by Crippen LogP contribution is -2.38. The molecule has 0 fully saturated rings. The summed E-state index contributed by atoms with van der Waals surface area (Å²) in [5.41, 5.74) is 3.58. The average Bonchev–Trinajstić information content (AvgIpc) is 3.20. The fourth-order valence-corrected chi connectivity index (χ4v) is 2.84. The SMILES string of the molecule is CN=C(NCCc1ccc(Cl)nc1)NCc1ccccc1Cn1cccn1.I. The molecule has 0 spiro atoms. The smallest absolute Gasteiger partial charge is 0.191 e. The molecule has 0 unspecified atom stereocenters. The molecule has 0 aliphatic carbocycles.